The minimum Gasteiger partial charge on any atom is -0.305 e. The molecule has 1 N–H and O–H groups in total. The van der Waals surface area contributed by atoms with Gasteiger partial charge in [-0.15, -0.1) is 0 Å². The summed E-state index contributed by atoms with van der Waals surface area (Å²) in [7, 11) is 0. The van der Waals surface area contributed by atoms with Crippen LogP contribution in [-0.4, -0.2) is 35.3 Å². The van der Waals surface area contributed by atoms with Gasteiger partial charge in [-0.1, -0.05) is 34.6 Å². The highest BCUT2D eigenvalue weighted by Crippen LogP contribution is 2.21. The summed E-state index contributed by atoms with van der Waals surface area (Å²) in [5, 5.41) is 3.24. The lowest BCUT2D eigenvalue weighted by atomic mass is 9.92. The Morgan fingerprint density at radius 2 is 1.84 bits per heavy atom. The molecule has 4 heteroatoms. The predicted octanol–water partition coefficient (Wildman–Crippen LogP) is 2.33. The second-order valence-corrected chi connectivity index (χ2v) is 6.59. The Kier molecular flexibility index (Phi) is 5.53. The van der Waals surface area contributed by atoms with Gasteiger partial charge in [-0.3, -0.25) is 14.5 Å². The molecule has 0 aromatic heterocycles. The van der Waals surface area contributed by atoms with Crippen molar-refractivity contribution in [3.8, 4) is 0 Å². The van der Waals surface area contributed by atoms with E-state index >= 15 is 0 Å². The molecule has 0 bridgehead atoms. The summed E-state index contributed by atoms with van der Waals surface area (Å²) in [6.07, 6.45) is 2.99. The third-order valence-corrected chi connectivity index (χ3v) is 3.76. The van der Waals surface area contributed by atoms with E-state index < -0.39 is 0 Å². The van der Waals surface area contributed by atoms with Crippen molar-refractivity contribution in [1.82, 2.24) is 10.2 Å². The molecule has 1 saturated heterocycles. The number of carbonyl (C=O) groups is 2. The van der Waals surface area contributed by atoms with Crippen molar-refractivity contribution in [2.75, 3.05) is 6.54 Å². The smallest absolute Gasteiger partial charge is 0.247 e. The van der Waals surface area contributed by atoms with E-state index in [-0.39, 0.29) is 29.3 Å². The van der Waals surface area contributed by atoms with Gasteiger partial charge in [0, 0.05) is 6.04 Å². The summed E-state index contributed by atoms with van der Waals surface area (Å²) >= 11 is 0. The van der Waals surface area contributed by atoms with Gasteiger partial charge in [0.25, 0.3) is 0 Å². The summed E-state index contributed by atoms with van der Waals surface area (Å²) in [4.78, 5) is 25.7. The van der Waals surface area contributed by atoms with E-state index in [2.05, 4.69) is 26.1 Å². The van der Waals surface area contributed by atoms with Crippen LogP contribution in [0.15, 0.2) is 0 Å². The summed E-state index contributed by atoms with van der Waals surface area (Å²) in [6.45, 7) is 11.3. The van der Waals surface area contributed by atoms with Gasteiger partial charge in [-0.05, 0) is 31.2 Å². The van der Waals surface area contributed by atoms with E-state index in [0.29, 0.717) is 6.42 Å². The maximum absolute atomic E-state index is 12.3. The van der Waals surface area contributed by atoms with Crippen molar-refractivity contribution in [2.24, 2.45) is 5.41 Å². The lowest BCUT2D eigenvalue weighted by molar-refractivity contribution is -0.141. The van der Waals surface area contributed by atoms with Crippen molar-refractivity contribution in [3.05, 3.63) is 0 Å². The van der Waals surface area contributed by atoms with E-state index in [0.717, 1.165) is 25.8 Å². The third kappa shape index (κ3) is 4.30. The molecule has 0 aliphatic carbocycles. The summed E-state index contributed by atoms with van der Waals surface area (Å²) in [5.74, 6) is -0.0560. The van der Waals surface area contributed by atoms with Crippen LogP contribution in [0.3, 0.4) is 0 Å². The minimum atomic E-state index is -0.310. The van der Waals surface area contributed by atoms with Crippen LogP contribution in [0.5, 0.6) is 0 Å². The molecule has 2 amide bonds. The third-order valence-electron chi connectivity index (χ3n) is 3.76. The Bertz CT molecular complexity index is 330. The summed E-state index contributed by atoms with van der Waals surface area (Å²) < 4.78 is 0. The van der Waals surface area contributed by atoms with E-state index in [1.807, 2.05) is 13.8 Å². The molecule has 1 aliphatic heterocycles. The lowest BCUT2D eigenvalue weighted by Crippen LogP contribution is -2.44. The Hall–Kier alpha value is -0.900. The molecule has 1 rings (SSSR count). The van der Waals surface area contributed by atoms with Crippen LogP contribution in [-0.2, 0) is 9.59 Å². The van der Waals surface area contributed by atoms with Gasteiger partial charge >= 0.3 is 0 Å². The molecule has 1 aliphatic rings. The van der Waals surface area contributed by atoms with Crippen LogP contribution in [0.1, 0.15) is 60.3 Å². The molecule has 1 unspecified atom stereocenters. The van der Waals surface area contributed by atoms with Crippen LogP contribution >= 0.6 is 0 Å². The van der Waals surface area contributed by atoms with Crippen LogP contribution in [0, 0.1) is 5.41 Å². The number of rotatable bonds is 6. The topological polar surface area (TPSA) is 49.4 Å². The van der Waals surface area contributed by atoms with E-state index in [1.54, 1.807) is 0 Å². The first-order chi connectivity index (χ1) is 8.80. The van der Waals surface area contributed by atoms with Gasteiger partial charge in [-0.25, -0.2) is 0 Å². The monoisotopic (exact) mass is 268 g/mol. The van der Waals surface area contributed by atoms with E-state index in [4.69, 9.17) is 0 Å². The summed E-state index contributed by atoms with van der Waals surface area (Å²) in [6, 6.07) is -0.245. The van der Waals surface area contributed by atoms with Crippen molar-refractivity contribution in [2.45, 2.75) is 72.4 Å². The molecular weight excluding hydrogens is 240 g/mol. The number of amides is 2. The molecule has 4 nitrogen and oxygen atoms in total. The molecule has 1 heterocycles. The van der Waals surface area contributed by atoms with E-state index in [1.165, 1.54) is 4.90 Å². The first-order valence-electron chi connectivity index (χ1n) is 7.39. The number of hydrogen-bond acceptors (Lipinski definition) is 3. The standard InChI is InChI=1S/C15H28N2O2/c1-6-11(7-2)17-13(18)10-12(14(17)19)16-9-8-15(3,4)5/h11-12,16H,6-10H2,1-5H3. The number of carbonyl (C=O) groups excluding carboxylic acids is 2. The molecule has 0 saturated carbocycles. The Balaban J connectivity index is 2.56. The van der Waals surface area contributed by atoms with Gasteiger partial charge in [0.2, 0.25) is 11.8 Å². The zero-order valence-corrected chi connectivity index (χ0v) is 13.0. The second kappa shape index (κ2) is 6.51. The average molecular weight is 268 g/mol. The Morgan fingerprint density at radius 3 is 2.32 bits per heavy atom. The average Bonchev–Trinajstić information content (AvgIpc) is 2.57. The van der Waals surface area contributed by atoms with Crippen LogP contribution in [0.2, 0.25) is 0 Å². The number of nitrogens with zero attached hydrogens (tertiary/aromatic N) is 1. The van der Waals surface area contributed by atoms with Gasteiger partial charge < -0.3 is 5.32 Å². The molecule has 0 aromatic rings. The number of imide groups is 1. The first kappa shape index (κ1) is 16.2. The van der Waals surface area contributed by atoms with Crippen LogP contribution < -0.4 is 5.32 Å². The highest BCUT2D eigenvalue weighted by molar-refractivity contribution is 6.05. The maximum atomic E-state index is 12.3. The second-order valence-electron chi connectivity index (χ2n) is 6.59. The molecule has 0 aromatic carbocycles. The zero-order valence-electron chi connectivity index (χ0n) is 13.0. The largest absolute Gasteiger partial charge is 0.305 e. The van der Waals surface area contributed by atoms with Crippen molar-refractivity contribution < 1.29 is 9.59 Å². The molecule has 19 heavy (non-hydrogen) atoms. The number of hydrogen-bond donors (Lipinski definition) is 1. The molecular formula is C15H28N2O2. The number of nitrogens with one attached hydrogen (secondary N) is 1. The maximum Gasteiger partial charge on any atom is 0.247 e. The highest BCUT2D eigenvalue weighted by atomic mass is 16.2. The predicted molar refractivity (Wildman–Crippen MR) is 76.7 cm³/mol. The quantitative estimate of drug-likeness (QED) is 0.752. The normalized spacial score (nSPS) is 20.7. The molecule has 1 fully saturated rings. The summed E-state index contributed by atoms with van der Waals surface area (Å²) in [5.41, 5.74) is 0.244. The molecule has 0 spiro atoms. The molecule has 0 radical (unpaired) electrons. The van der Waals surface area contributed by atoms with Crippen LogP contribution in [0.4, 0.5) is 0 Å². The number of likely N-dealkylation sites (tertiary alicyclic amines) is 1. The van der Waals surface area contributed by atoms with Crippen molar-refractivity contribution in [1.29, 1.82) is 0 Å². The molecule has 110 valence electrons. The zero-order chi connectivity index (χ0) is 14.6. The van der Waals surface area contributed by atoms with Crippen molar-refractivity contribution in [3.63, 3.8) is 0 Å². The Labute approximate surface area is 116 Å². The fraction of sp³-hybridized carbons (Fsp3) is 0.867. The molecule has 1 atom stereocenters. The lowest BCUT2D eigenvalue weighted by Gasteiger charge is -2.24. The van der Waals surface area contributed by atoms with Gasteiger partial charge in [0.15, 0.2) is 0 Å². The van der Waals surface area contributed by atoms with Crippen LogP contribution in [0.25, 0.3) is 0 Å². The van der Waals surface area contributed by atoms with E-state index in [9.17, 15) is 9.59 Å². The first-order valence-corrected chi connectivity index (χ1v) is 7.39. The fourth-order valence-corrected chi connectivity index (χ4v) is 2.47. The highest BCUT2D eigenvalue weighted by Gasteiger charge is 2.40. The Morgan fingerprint density at radius 1 is 1.26 bits per heavy atom. The fourth-order valence-electron chi connectivity index (χ4n) is 2.47. The van der Waals surface area contributed by atoms with Gasteiger partial charge in [0.05, 0.1) is 12.5 Å². The SMILES string of the molecule is CCC(CC)N1C(=O)CC(NCCC(C)(C)C)C1=O. The van der Waals surface area contributed by atoms with Gasteiger partial charge in [0.1, 0.15) is 0 Å². The van der Waals surface area contributed by atoms with Crippen molar-refractivity contribution >= 4 is 11.8 Å². The van der Waals surface area contributed by atoms with Gasteiger partial charge in [-0.2, -0.15) is 0 Å². The minimum absolute atomic E-state index is 0.0213.